The third-order valence-electron chi connectivity index (χ3n) is 0.973. The van der Waals surface area contributed by atoms with Crippen LogP contribution in [0.4, 0.5) is 0 Å². The van der Waals surface area contributed by atoms with Crippen molar-refractivity contribution in [2.24, 2.45) is 0 Å². The van der Waals surface area contributed by atoms with E-state index >= 15 is 0 Å². The van der Waals surface area contributed by atoms with E-state index in [2.05, 4.69) is 0 Å². The van der Waals surface area contributed by atoms with Gasteiger partial charge in [0, 0.05) is 0 Å². The maximum Gasteiger partial charge on any atom is 0.229 e. The fraction of sp³-hybridized carbons (Fsp3) is 0.200. The van der Waals surface area contributed by atoms with Gasteiger partial charge in [0.05, 0.1) is 0 Å². The summed E-state index contributed by atoms with van der Waals surface area (Å²) in [4.78, 5) is 0. The number of halogens is 2. The van der Waals surface area contributed by atoms with Gasteiger partial charge >= 0.3 is 0 Å². The Morgan fingerprint density at radius 3 is 2.22 bits per heavy atom. The van der Waals surface area contributed by atoms with Crippen LogP contribution in [0.1, 0.15) is 0 Å². The standard InChI is InChI=1S/C5H6Cl2OSi/c6-5(7)8-9-3-1-2-4-9/h1-5,9H. The van der Waals surface area contributed by atoms with E-state index in [0.717, 1.165) is 0 Å². The van der Waals surface area contributed by atoms with Crippen LogP contribution in [0, 0.1) is 0 Å². The van der Waals surface area contributed by atoms with E-state index in [9.17, 15) is 0 Å². The van der Waals surface area contributed by atoms with Crippen molar-refractivity contribution in [3.8, 4) is 0 Å². The number of hydrogen-bond donors (Lipinski definition) is 0. The van der Waals surface area contributed by atoms with E-state index in [1.807, 2.05) is 23.6 Å². The van der Waals surface area contributed by atoms with E-state index in [1.54, 1.807) is 0 Å². The van der Waals surface area contributed by atoms with Crippen LogP contribution in [0.3, 0.4) is 0 Å². The lowest BCUT2D eigenvalue weighted by Gasteiger charge is -2.05. The smallest absolute Gasteiger partial charge is 0.229 e. The summed E-state index contributed by atoms with van der Waals surface area (Å²) in [6.07, 6.45) is 3.90. The lowest BCUT2D eigenvalue weighted by atomic mass is 10.6. The molecule has 0 N–H and O–H groups in total. The zero-order valence-electron chi connectivity index (χ0n) is 4.63. The monoisotopic (exact) mass is 180 g/mol. The topological polar surface area (TPSA) is 9.23 Å². The lowest BCUT2D eigenvalue weighted by molar-refractivity contribution is 0.372. The Morgan fingerprint density at radius 2 is 1.78 bits per heavy atom. The number of hydrogen-bond acceptors (Lipinski definition) is 1. The first-order valence-corrected chi connectivity index (χ1v) is 5.25. The zero-order valence-corrected chi connectivity index (χ0v) is 7.29. The Labute approximate surface area is 65.6 Å². The summed E-state index contributed by atoms with van der Waals surface area (Å²) in [6, 6.07) is 0. The normalized spacial score (nSPS) is 18.1. The van der Waals surface area contributed by atoms with Crippen molar-refractivity contribution in [2.75, 3.05) is 0 Å². The summed E-state index contributed by atoms with van der Waals surface area (Å²) in [5.74, 6) is 0. The summed E-state index contributed by atoms with van der Waals surface area (Å²) in [6.45, 7) is 0. The Hall–Kier alpha value is 0.237. The van der Waals surface area contributed by atoms with Crippen LogP contribution in [0.2, 0.25) is 0 Å². The van der Waals surface area contributed by atoms with Gasteiger partial charge in [0.15, 0.2) is 5.02 Å². The molecule has 50 valence electrons. The summed E-state index contributed by atoms with van der Waals surface area (Å²) >= 11 is 10.7. The SMILES string of the molecule is ClC(Cl)O[SiH]1C=CC=C1. The van der Waals surface area contributed by atoms with Gasteiger partial charge in [-0.2, -0.15) is 0 Å². The zero-order chi connectivity index (χ0) is 6.69. The van der Waals surface area contributed by atoms with Crippen molar-refractivity contribution >= 4 is 32.2 Å². The van der Waals surface area contributed by atoms with Gasteiger partial charge < -0.3 is 4.43 Å². The van der Waals surface area contributed by atoms with Gasteiger partial charge in [-0.25, -0.2) is 0 Å². The summed E-state index contributed by atoms with van der Waals surface area (Å²) in [5, 5.41) is -0.672. The van der Waals surface area contributed by atoms with E-state index < -0.39 is 14.1 Å². The second-order valence-electron chi connectivity index (χ2n) is 1.63. The van der Waals surface area contributed by atoms with Gasteiger partial charge in [0.1, 0.15) is 0 Å². The van der Waals surface area contributed by atoms with Crippen molar-refractivity contribution in [1.82, 2.24) is 0 Å². The Bertz CT molecular complexity index is 132. The molecule has 0 aromatic rings. The van der Waals surface area contributed by atoms with Gasteiger partial charge in [0.2, 0.25) is 9.04 Å². The minimum Gasteiger partial charge on any atom is -0.385 e. The van der Waals surface area contributed by atoms with Crippen molar-refractivity contribution in [1.29, 1.82) is 0 Å². The highest BCUT2D eigenvalue weighted by Crippen LogP contribution is 2.09. The van der Waals surface area contributed by atoms with Crippen LogP contribution < -0.4 is 0 Å². The number of alkyl halides is 2. The van der Waals surface area contributed by atoms with Crippen LogP contribution >= 0.6 is 23.2 Å². The molecule has 0 fully saturated rings. The molecule has 0 spiro atoms. The molecule has 0 aliphatic carbocycles. The summed E-state index contributed by atoms with van der Waals surface area (Å²) < 4.78 is 5.11. The average molecular weight is 181 g/mol. The highest BCUT2D eigenvalue weighted by molar-refractivity contribution is 6.65. The maximum atomic E-state index is 5.37. The molecule has 9 heavy (non-hydrogen) atoms. The highest BCUT2D eigenvalue weighted by atomic mass is 35.5. The summed E-state index contributed by atoms with van der Waals surface area (Å²) in [7, 11) is -1.26. The van der Waals surface area contributed by atoms with Gasteiger partial charge in [0.25, 0.3) is 0 Å². The molecular formula is C5H6Cl2OSi. The molecule has 1 heterocycles. The van der Waals surface area contributed by atoms with Gasteiger partial charge in [-0.05, 0) is 0 Å². The quantitative estimate of drug-likeness (QED) is 0.465. The molecule has 0 radical (unpaired) electrons. The molecule has 1 nitrogen and oxygen atoms in total. The number of allylic oxidation sites excluding steroid dienone is 2. The first-order chi connectivity index (χ1) is 4.29. The van der Waals surface area contributed by atoms with Crippen molar-refractivity contribution in [3.63, 3.8) is 0 Å². The lowest BCUT2D eigenvalue weighted by Crippen LogP contribution is -2.13. The minimum absolute atomic E-state index is 0.672. The molecule has 0 atom stereocenters. The minimum atomic E-state index is -1.26. The third-order valence-corrected chi connectivity index (χ3v) is 3.31. The Kier molecular flexibility index (Phi) is 2.79. The largest absolute Gasteiger partial charge is 0.385 e. The van der Waals surface area contributed by atoms with Gasteiger partial charge in [-0.15, -0.1) is 0 Å². The summed E-state index contributed by atoms with van der Waals surface area (Å²) in [5.41, 5.74) is 4.02. The molecule has 1 aliphatic rings. The third kappa shape index (κ3) is 2.54. The van der Waals surface area contributed by atoms with E-state index in [-0.39, 0.29) is 0 Å². The predicted molar refractivity (Wildman–Crippen MR) is 42.0 cm³/mol. The second kappa shape index (κ2) is 3.42. The van der Waals surface area contributed by atoms with Crippen LogP contribution in [0.15, 0.2) is 23.6 Å². The molecule has 0 amide bonds. The van der Waals surface area contributed by atoms with Gasteiger partial charge in [-0.1, -0.05) is 46.8 Å². The molecule has 0 saturated heterocycles. The first-order valence-electron chi connectivity index (χ1n) is 2.57. The first kappa shape index (κ1) is 7.35. The predicted octanol–water partition coefficient (Wildman–Crippen LogP) is 1.69. The van der Waals surface area contributed by atoms with Gasteiger partial charge in [-0.3, -0.25) is 0 Å². The molecule has 0 saturated carbocycles. The fourth-order valence-corrected chi connectivity index (χ4v) is 2.58. The van der Waals surface area contributed by atoms with E-state index in [1.165, 1.54) is 0 Å². The molecule has 1 aliphatic heterocycles. The maximum absolute atomic E-state index is 5.37. The van der Waals surface area contributed by atoms with Crippen molar-refractivity contribution in [2.45, 2.75) is 5.02 Å². The van der Waals surface area contributed by atoms with E-state index in [0.29, 0.717) is 0 Å². The Balaban J connectivity index is 2.29. The number of rotatable bonds is 2. The molecule has 1 rings (SSSR count). The van der Waals surface area contributed by atoms with Crippen LogP contribution in [-0.2, 0) is 4.43 Å². The van der Waals surface area contributed by atoms with Crippen molar-refractivity contribution < 1.29 is 4.43 Å². The molecule has 0 unspecified atom stereocenters. The molecule has 4 heteroatoms. The van der Waals surface area contributed by atoms with Crippen molar-refractivity contribution in [3.05, 3.63) is 23.6 Å². The molecule has 0 bridgehead atoms. The average Bonchev–Trinajstić information content (AvgIpc) is 2.15. The fourth-order valence-electron chi connectivity index (χ4n) is 0.621. The van der Waals surface area contributed by atoms with Crippen LogP contribution in [0.25, 0.3) is 0 Å². The molecular weight excluding hydrogens is 175 g/mol. The molecule has 0 aromatic heterocycles. The second-order valence-corrected chi connectivity index (χ2v) is 4.62. The van der Waals surface area contributed by atoms with Crippen LogP contribution in [-0.4, -0.2) is 14.1 Å². The molecule has 0 aromatic carbocycles. The Morgan fingerprint density at radius 1 is 1.22 bits per heavy atom. The van der Waals surface area contributed by atoms with Crippen LogP contribution in [0.5, 0.6) is 0 Å². The highest BCUT2D eigenvalue weighted by Gasteiger charge is 2.09. The van der Waals surface area contributed by atoms with E-state index in [4.69, 9.17) is 27.6 Å².